The zero-order valence-electron chi connectivity index (χ0n) is 24.7. The van der Waals surface area contributed by atoms with Gasteiger partial charge >= 0.3 is 5.97 Å². The van der Waals surface area contributed by atoms with Gasteiger partial charge in [-0.1, -0.05) is 34.6 Å². The largest absolute Gasteiger partial charge is 0.462 e. The van der Waals surface area contributed by atoms with Gasteiger partial charge < -0.3 is 14.6 Å². The first-order chi connectivity index (χ1) is 16.5. The minimum absolute atomic E-state index is 0.0211. The molecule has 0 aromatic heterocycles. The molecular formula is C32H54O4. The van der Waals surface area contributed by atoms with Gasteiger partial charge in [-0.3, -0.25) is 4.79 Å². The molecule has 0 amide bonds. The number of rotatable bonds is 3. The highest BCUT2D eigenvalue weighted by atomic mass is 16.5. The van der Waals surface area contributed by atoms with Gasteiger partial charge in [0.25, 0.3) is 0 Å². The zero-order valence-corrected chi connectivity index (χ0v) is 24.7. The van der Waals surface area contributed by atoms with Crippen molar-refractivity contribution in [3.63, 3.8) is 0 Å². The highest BCUT2D eigenvalue weighted by Gasteiger charge is 2.70. The highest BCUT2D eigenvalue weighted by molar-refractivity contribution is 5.66. The molecule has 10 atom stereocenters. The van der Waals surface area contributed by atoms with E-state index in [4.69, 9.17) is 9.47 Å². The van der Waals surface area contributed by atoms with E-state index in [0.29, 0.717) is 34.0 Å². The third-order valence-electron chi connectivity index (χ3n) is 13.5. The van der Waals surface area contributed by atoms with Crippen molar-refractivity contribution in [1.82, 2.24) is 0 Å². The van der Waals surface area contributed by atoms with E-state index in [2.05, 4.69) is 41.5 Å². The Labute approximate surface area is 220 Å². The number of carbonyl (C=O) groups is 1. The van der Waals surface area contributed by atoms with Gasteiger partial charge in [0.15, 0.2) is 0 Å². The lowest BCUT2D eigenvalue weighted by Crippen LogP contribution is -2.64. The number of fused-ring (bicyclic) bond motifs is 5. The Hall–Kier alpha value is -0.610. The summed E-state index contributed by atoms with van der Waals surface area (Å²) in [5.74, 6) is 2.49. The fourth-order valence-electron chi connectivity index (χ4n) is 11.5. The van der Waals surface area contributed by atoms with E-state index in [1.165, 1.54) is 44.9 Å². The van der Waals surface area contributed by atoms with Crippen LogP contribution in [0.1, 0.15) is 127 Å². The van der Waals surface area contributed by atoms with Crippen LogP contribution in [0.4, 0.5) is 0 Å². The Balaban J connectivity index is 1.42. The number of ether oxygens (including phenoxy) is 2. The van der Waals surface area contributed by atoms with Gasteiger partial charge in [-0.2, -0.15) is 0 Å². The maximum absolute atomic E-state index is 11.9. The second-order valence-electron chi connectivity index (χ2n) is 15.9. The maximum atomic E-state index is 11.9. The van der Waals surface area contributed by atoms with Crippen molar-refractivity contribution in [1.29, 1.82) is 0 Å². The summed E-state index contributed by atoms with van der Waals surface area (Å²) in [4.78, 5) is 11.9. The summed E-state index contributed by atoms with van der Waals surface area (Å²) in [5.41, 5.74) is 0.122. The average molecular weight is 503 g/mol. The molecule has 0 bridgehead atoms. The predicted octanol–water partition coefficient (Wildman–Crippen LogP) is 7.31. The Kier molecular flexibility index (Phi) is 6.14. The Bertz CT molecular complexity index is 889. The summed E-state index contributed by atoms with van der Waals surface area (Å²) < 4.78 is 12.6. The van der Waals surface area contributed by atoms with E-state index in [1.807, 2.05) is 13.8 Å². The van der Waals surface area contributed by atoms with Crippen LogP contribution in [-0.2, 0) is 14.3 Å². The third kappa shape index (κ3) is 3.62. The summed E-state index contributed by atoms with van der Waals surface area (Å²) in [6.45, 7) is 20.4. The van der Waals surface area contributed by atoms with Gasteiger partial charge in [-0.05, 0) is 125 Å². The lowest BCUT2D eigenvalue weighted by molar-refractivity contribution is -0.231. The molecule has 5 fully saturated rings. The van der Waals surface area contributed by atoms with Crippen molar-refractivity contribution >= 4 is 5.97 Å². The summed E-state index contributed by atoms with van der Waals surface area (Å²) >= 11 is 0. The molecular weight excluding hydrogens is 448 g/mol. The Morgan fingerprint density at radius 2 is 1.47 bits per heavy atom. The molecule has 1 aliphatic heterocycles. The van der Waals surface area contributed by atoms with Gasteiger partial charge in [0.1, 0.15) is 6.10 Å². The van der Waals surface area contributed by atoms with Crippen LogP contribution in [0.15, 0.2) is 0 Å². The van der Waals surface area contributed by atoms with Crippen molar-refractivity contribution in [2.75, 3.05) is 0 Å². The molecule has 4 saturated carbocycles. The first-order valence-electron chi connectivity index (χ1n) is 15.1. The first-order valence-corrected chi connectivity index (χ1v) is 15.1. The predicted molar refractivity (Wildman–Crippen MR) is 143 cm³/mol. The molecule has 0 radical (unpaired) electrons. The lowest BCUT2D eigenvalue weighted by Gasteiger charge is -2.70. The van der Waals surface area contributed by atoms with Gasteiger partial charge in [0.05, 0.1) is 17.3 Å². The summed E-state index contributed by atoms with van der Waals surface area (Å²) in [6, 6.07) is 0. The van der Waals surface area contributed by atoms with E-state index < -0.39 is 5.60 Å². The second-order valence-corrected chi connectivity index (χ2v) is 15.9. The quantitative estimate of drug-likeness (QED) is 0.411. The van der Waals surface area contributed by atoms with Crippen molar-refractivity contribution in [2.24, 2.45) is 45.3 Å². The van der Waals surface area contributed by atoms with Gasteiger partial charge in [0.2, 0.25) is 0 Å². The molecule has 1 N–H and O–H groups in total. The maximum Gasteiger partial charge on any atom is 0.302 e. The Morgan fingerprint density at radius 3 is 2.08 bits per heavy atom. The van der Waals surface area contributed by atoms with Crippen LogP contribution in [0.2, 0.25) is 0 Å². The molecule has 0 spiro atoms. The monoisotopic (exact) mass is 502 g/mol. The van der Waals surface area contributed by atoms with Crippen LogP contribution in [0.5, 0.6) is 0 Å². The van der Waals surface area contributed by atoms with Crippen LogP contribution in [-0.4, -0.2) is 34.5 Å². The minimum Gasteiger partial charge on any atom is -0.462 e. The lowest BCUT2D eigenvalue weighted by atomic mass is 9.35. The number of carbonyl (C=O) groups excluding carboxylic acids is 1. The first kappa shape index (κ1) is 27.0. The molecule has 5 rings (SSSR count). The molecule has 36 heavy (non-hydrogen) atoms. The Morgan fingerprint density at radius 1 is 0.806 bits per heavy atom. The van der Waals surface area contributed by atoms with Crippen molar-refractivity contribution < 1.29 is 19.4 Å². The third-order valence-corrected chi connectivity index (χ3v) is 13.5. The van der Waals surface area contributed by atoms with E-state index in [0.717, 1.165) is 25.2 Å². The van der Waals surface area contributed by atoms with E-state index in [9.17, 15) is 9.90 Å². The highest BCUT2D eigenvalue weighted by Crippen LogP contribution is 2.76. The van der Waals surface area contributed by atoms with Gasteiger partial charge in [-0.15, -0.1) is 0 Å². The van der Waals surface area contributed by atoms with Crippen LogP contribution in [0.25, 0.3) is 0 Å². The summed E-state index contributed by atoms with van der Waals surface area (Å²) in [5, 5.41) is 10.7. The molecule has 1 saturated heterocycles. The van der Waals surface area contributed by atoms with Gasteiger partial charge in [-0.25, -0.2) is 0 Å². The van der Waals surface area contributed by atoms with Crippen LogP contribution < -0.4 is 0 Å². The average Bonchev–Trinajstić information content (AvgIpc) is 3.32. The fraction of sp³-hybridized carbons (Fsp3) is 0.969. The fourth-order valence-corrected chi connectivity index (χ4v) is 11.5. The minimum atomic E-state index is -0.770. The molecule has 4 heteroatoms. The summed E-state index contributed by atoms with van der Waals surface area (Å²) in [6.07, 6.45) is 11.9. The van der Waals surface area contributed by atoms with Crippen LogP contribution in [0.3, 0.4) is 0 Å². The van der Waals surface area contributed by atoms with Gasteiger partial charge in [0, 0.05) is 12.3 Å². The number of hydrogen-bond acceptors (Lipinski definition) is 4. The van der Waals surface area contributed by atoms with Crippen molar-refractivity contribution in [2.45, 2.75) is 150 Å². The zero-order chi connectivity index (χ0) is 26.5. The number of aliphatic hydroxyl groups is 1. The number of hydrogen-bond donors (Lipinski definition) is 1. The van der Waals surface area contributed by atoms with E-state index in [1.54, 1.807) is 6.92 Å². The SMILES string of the molecule is CC(=O)O[C@H]1CC[C@]2(C)C3CC[C@@H]4C([C@]5(C)CC[C@H](C(C)(C)O)O5)CC[C@@]4(C)[C@]3(C)CC[C@H]2C1(C)C. The molecule has 4 nitrogen and oxygen atoms in total. The molecule has 0 aromatic carbocycles. The van der Waals surface area contributed by atoms with Crippen molar-refractivity contribution in [3.8, 4) is 0 Å². The van der Waals surface area contributed by atoms with Crippen LogP contribution in [0, 0.1) is 45.3 Å². The number of esters is 1. The molecule has 1 heterocycles. The normalized spacial score (nSPS) is 52.3. The van der Waals surface area contributed by atoms with Crippen molar-refractivity contribution in [3.05, 3.63) is 0 Å². The van der Waals surface area contributed by atoms with E-state index in [-0.39, 0.29) is 29.2 Å². The smallest absolute Gasteiger partial charge is 0.302 e. The molecule has 206 valence electrons. The standard InChI is InChI=1S/C32H54O4/c1-20(33)35-25-14-16-29(6)23(27(25,2)3)13-18-31(8)24(29)11-10-21-22(12-17-30(21,31)7)32(9)19-15-26(36-32)28(4,5)34/h21-26,34H,10-19H2,1-9H3/t21-,22?,23+,24?,25+,26-,29+,30-,31-,32+/m1/s1. The molecule has 5 aliphatic rings. The van der Waals surface area contributed by atoms with E-state index >= 15 is 0 Å². The molecule has 2 unspecified atom stereocenters. The summed E-state index contributed by atoms with van der Waals surface area (Å²) in [7, 11) is 0. The molecule has 4 aliphatic carbocycles. The topological polar surface area (TPSA) is 55.8 Å². The second kappa shape index (κ2) is 8.20. The molecule has 0 aromatic rings. The van der Waals surface area contributed by atoms with Crippen LogP contribution >= 0.6 is 0 Å².